The first-order valence-electron chi connectivity index (χ1n) is 7.80. The molecule has 0 aliphatic rings. The summed E-state index contributed by atoms with van der Waals surface area (Å²) in [5.74, 6) is 0.816. The summed E-state index contributed by atoms with van der Waals surface area (Å²) in [4.78, 5) is 6.61. The molecule has 130 valence electrons. The normalized spacial score (nSPS) is 11.9. The van der Waals surface area contributed by atoms with Gasteiger partial charge in [0.1, 0.15) is 5.75 Å². The molecule has 0 radical (unpaired) electrons. The lowest BCUT2D eigenvalue weighted by Gasteiger charge is -2.16. The van der Waals surface area contributed by atoms with E-state index in [4.69, 9.17) is 0 Å². The molecule has 0 aromatic heterocycles. The highest BCUT2D eigenvalue weighted by Crippen LogP contribution is 2.20. The molecule has 1 aromatic carbocycles. The minimum atomic E-state index is -2.84. The quantitative estimate of drug-likeness (QED) is 0.539. The Labute approximate surface area is 136 Å². The van der Waals surface area contributed by atoms with Gasteiger partial charge in [0.15, 0.2) is 5.96 Å². The van der Waals surface area contributed by atoms with E-state index >= 15 is 0 Å². The molecule has 1 aromatic rings. The standard InChI is InChI=1S/C16H26F2N4O/c1-4-19-16(20-10-11-22(3)5-2)21-12-13-8-6-7-9-14(13)23-15(17)18/h6-9,15H,4-5,10-12H2,1-3H3,(H2,19,20,21). The lowest BCUT2D eigenvalue weighted by atomic mass is 10.2. The molecule has 0 bridgehead atoms. The number of guanidine groups is 1. The van der Waals surface area contributed by atoms with Gasteiger partial charge in [-0.1, -0.05) is 25.1 Å². The Bertz CT molecular complexity index is 483. The Hall–Kier alpha value is -1.89. The predicted molar refractivity (Wildman–Crippen MR) is 89.1 cm³/mol. The van der Waals surface area contributed by atoms with Crippen molar-refractivity contribution in [2.75, 3.05) is 33.2 Å². The lowest BCUT2D eigenvalue weighted by molar-refractivity contribution is -0.0504. The number of ether oxygens (including phenoxy) is 1. The minimum absolute atomic E-state index is 0.160. The number of benzene rings is 1. The number of nitrogens with one attached hydrogen (secondary N) is 2. The Kier molecular flexibility index (Phi) is 8.97. The van der Waals surface area contributed by atoms with Crippen molar-refractivity contribution in [1.82, 2.24) is 15.5 Å². The molecule has 0 heterocycles. The van der Waals surface area contributed by atoms with E-state index < -0.39 is 6.61 Å². The number of alkyl halides is 2. The molecular formula is C16H26F2N4O. The van der Waals surface area contributed by atoms with E-state index in [1.54, 1.807) is 18.2 Å². The van der Waals surface area contributed by atoms with E-state index in [9.17, 15) is 8.78 Å². The van der Waals surface area contributed by atoms with Crippen molar-refractivity contribution >= 4 is 5.96 Å². The highest BCUT2D eigenvalue weighted by atomic mass is 19.3. The van der Waals surface area contributed by atoms with Crippen LogP contribution in [0.5, 0.6) is 5.75 Å². The number of aliphatic imine (C=N–C) groups is 1. The fraction of sp³-hybridized carbons (Fsp3) is 0.562. The summed E-state index contributed by atoms with van der Waals surface area (Å²) in [5.41, 5.74) is 0.621. The van der Waals surface area contributed by atoms with Gasteiger partial charge in [-0.05, 0) is 26.6 Å². The van der Waals surface area contributed by atoms with Gasteiger partial charge < -0.3 is 20.3 Å². The Morgan fingerprint density at radius 1 is 1.26 bits per heavy atom. The van der Waals surface area contributed by atoms with Crippen LogP contribution in [0.25, 0.3) is 0 Å². The first-order chi connectivity index (χ1) is 11.1. The van der Waals surface area contributed by atoms with Crippen molar-refractivity contribution in [3.05, 3.63) is 29.8 Å². The predicted octanol–water partition coefficient (Wildman–Crippen LogP) is 2.29. The first-order valence-corrected chi connectivity index (χ1v) is 7.80. The van der Waals surface area contributed by atoms with E-state index in [0.717, 1.165) is 26.2 Å². The number of rotatable bonds is 9. The van der Waals surface area contributed by atoms with Crippen LogP contribution in [0.4, 0.5) is 8.78 Å². The van der Waals surface area contributed by atoms with Crippen molar-refractivity contribution in [3.8, 4) is 5.75 Å². The van der Waals surface area contributed by atoms with Crippen LogP contribution in [0.2, 0.25) is 0 Å². The maximum atomic E-state index is 12.4. The van der Waals surface area contributed by atoms with Crippen LogP contribution in [0, 0.1) is 0 Å². The van der Waals surface area contributed by atoms with Gasteiger partial charge in [-0.15, -0.1) is 0 Å². The molecule has 23 heavy (non-hydrogen) atoms. The van der Waals surface area contributed by atoms with Crippen molar-refractivity contribution in [2.45, 2.75) is 27.0 Å². The van der Waals surface area contributed by atoms with E-state index in [2.05, 4.69) is 32.2 Å². The van der Waals surface area contributed by atoms with E-state index in [1.165, 1.54) is 6.07 Å². The summed E-state index contributed by atoms with van der Waals surface area (Å²) in [6, 6.07) is 6.69. The number of halogens is 2. The van der Waals surface area contributed by atoms with Crippen LogP contribution in [-0.2, 0) is 6.54 Å². The van der Waals surface area contributed by atoms with E-state index in [-0.39, 0.29) is 12.3 Å². The molecule has 0 atom stereocenters. The van der Waals surface area contributed by atoms with Gasteiger partial charge in [-0.2, -0.15) is 8.78 Å². The maximum Gasteiger partial charge on any atom is 0.387 e. The molecular weight excluding hydrogens is 302 g/mol. The summed E-state index contributed by atoms with van der Waals surface area (Å²) in [7, 11) is 2.05. The second-order valence-corrected chi connectivity index (χ2v) is 5.00. The molecule has 0 spiro atoms. The topological polar surface area (TPSA) is 48.9 Å². The molecule has 1 rings (SSSR count). The molecule has 7 heteroatoms. The monoisotopic (exact) mass is 328 g/mol. The second kappa shape index (κ2) is 10.8. The molecule has 0 unspecified atom stereocenters. The fourth-order valence-electron chi connectivity index (χ4n) is 1.87. The first kappa shape index (κ1) is 19.2. The smallest absolute Gasteiger partial charge is 0.387 e. The molecule has 0 fully saturated rings. The van der Waals surface area contributed by atoms with Crippen LogP contribution in [0.1, 0.15) is 19.4 Å². The van der Waals surface area contributed by atoms with E-state index in [1.807, 2.05) is 14.0 Å². The third kappa shape index (κ3) is 7.78. The van der Waals surface area contributed by atoms with Crippen LogP contribution in [-0.4, -0.2) is 50.7 Å². The highest BCUT2D eigenvalue weighted by molar-refractivity contribution is 5.79. The van der Waals surface area contributed by atoms with Gasteiger partial charge in [0, 0.05) is 25.2 Å². The third-order valence-electron chi connectivity index (χ3n) is 3.27. The molecule has 0 aliphatic heterocycles. The molecule has 0 amide bonds. The number of hydrogen-bond donors (Lipinski definition) is 2. The fourth-order valence-corrected chi connectivity index (χ4v) is 1.87. The van der Waals surface area contributed by atoms with Gasteiger partial charge in [0.25, 0.3) is 0 Å². The third-order valence-corrected chi connectivity index (χ3v) is 3.27. The van der Waals surface area contributed by atoms with Crippen LogP contribution < -0.4 is 15.4 Å². The summed E-state index contributed by atoms with van der Waals surface area (Å²) in [6.07, 6.45) is 0. The summed E-state index contributed by atoms with van der Waals surface area (Å²) < 4.78 is 29.3. The molecule has 2 N–H and O–H groups in total. The number of hydrogen-bond acceptors (Lipinski definition) is 3. The Morgan fingerprint density at radius 3 is 2.65 bits per heavy atom. The minimum Gasteiger partial charge on any atom is -0.434 e. The van der Waals surface area contributed by atoms with Crippen molar-refractivity contribution in [1.29, 1.82) is 0 Å². The summed E-state index contributed by atoms with van der Waals surface area (Å²) in [6.45, 7) is 4.86. The van der Waals surface area contributed by atoms with Crippen molar-refractivity contribution in [2.24, 2.45) is 4.99 Å². The largest absolute Gasteiger partial charge is 0.434 e. The van der Waals surface area contributed by atoms with Gasteiger partial charge in [-0.25, -0.2) is 4.99 Å². The molecule has 0 aliphatic carbocycles. The zero-order chi connectivity index (χ0) is 17.1. The van der Waals surface area contributed by atoms with Gasteiger partial charge in [-0.3, -0.25) is 0 Å². The van der Waals surface area contributed by atoms with Gasteiger partial charge in [0.2, 0.25) is 0 Å². The molecule has 5 nitrogen and oxygen atoms in total. The zero-order valence-corrected chi connectivity index (χ0v) is 14.0. The van der Waals surface area contributed by atoms with Crippen molar-refractivity contribution in [3.63, 3.8) is 0 Å². The summed E-state index contributed by atoms with van der Waals surface area (Å²) in [5, 5.41) is 6.36. The van der Waals surface area contributed by atoms with Crippen LogP contribution in [0.15, 0.2) is 29.3 Å². The maximum absolute atomic E-state index is 12.4. The SMILES string of the molecule is CCNC(=NCc1ccccc1OC(F)F)NCCN(C)CC. The highest BCUT2D eigenvalue weighted by Gasteiger charge is 2.09. The Balaban J connectivity index is 2.66. The number of likely N-dealkylation sites (N-methyl/N-ethyl adjacent to an activating group) is 1. The second-order valence-electron chi connectivity index (χ2n) is 5.00. The van der Waals surface area contributed by atoms with Gasteiger partial charge in [0.05, 0.1) is 6.54 Å². The van der Waals surface area contributed by atoms with Gasteiger partial charge >= 0.3 is 6.61 Å². The average molecular weight is 328 g/mol. The molecule has 0 saturated carbocycles. The molecule has 0 saturated heterocycles. The summed E-state index contributed by atoms with van der Waals surface area (Å²) >= 11 is 0. The number of para-hydroxylation sites is 1. The zero-order valence-electron chi connectivity index (χ0n) is 14.0. The number of nitrogens with zero attached hydrogens (tertiary/aromatic N) is 2. The van der Waals surface area contributed by atoms with Crippen molar-refractivity contribution < 1.29 is 13.5 Å². The van der Waals surface area contributed by atoms with Crippen LogP contribution >= 0.6 is 0 Å². The average Bonchev–Trinajstić information content (AvgIpc) is 2.53. The van der Waals surface area contributed by atoms with E-state index in [0.29, 0.717) is 11.5 Å². The Morgan fingerprint density at radius 2 is 2.00 bits per heavy atom. The lowest BCUT2D eigenvalue weighted by Crippen LogP contribution is -2.40. The van der Waals surface area contributed by atoms with Crippen LogP contribution in [0.3, 0.4) is 0 Å².